The summed E-state index contributed by atoms with van der Waals surface area (Å²) in [7, 11) is 0. The van der Waals surface area contributed by atoms with E-state index in [1.165, 1.54) is 12.1 Å². The normalized spacial score (nSPS) is 11.4. The van der Waals surface area contributed by atoms with Crippen LogP contribution in [0.15, 0.2) is 24.3 Å². The van der Waals surface area contributed by atoms with E-state index in [1.54, 1.807) is 12.1 Å². The molecule has 1 aromatic rings. The predicted molar refractivity (Wildman–Crippen MR) is 78.4 cm³/mol. The summed E-state index contributed by atoms with van der Waals surface area (Å²) in [6.45, 7) is 6.16. The summed E-state index contributed by atoms with van der Waals surface area (Å²) in [5.74, 6) is -1.08. The second-order valence-corrected chi connectivity index (χ2v) is 5.05. The van der Waals surface area contributed by atoms with Gasteiger partial charge in [0, 0.05) is 18.2 Å². The van der Waals surface area contributed by atoms with Crippen LogP contribution in [-0.4, -0.2) is 30.9 Å². The minimum absolute atomic E-state index is 0.231. The summed E-state index contributed by atoms with van der Waals surface area (Å²) >= 11 is 0. The molecule has 0 saturated carbocycles. The number of halogens is 1. The molecule has 5 heteroatoms. The van der Waals surface area contributed by atoms with E-state index < -0.39 is 11.8 Å². The van der Waals surface area contributed by atoms with Crippen LogP contribution in [0.4, 0.5) is 4.39 Å². The molecule has 0 aliphatic carbocycles. The van der Waals surface area contributed by atoms with Crippen molar-refractivity contribution < 1.29 is 23.8 Å². The highest BCUT2D eigenvalue weighted by Crippen LogP contribution is 2.13. The molecule has 0 heterocycles. The van der Waals surface area contributed by atoms with Gasteiger partial charge in [-0.2, -0.15) is 0 Å². The van der Waals surface area contributed by atoms with Crippen molar-refractivity contribution in [3.63, 3.8) is 0 Å². The first-order chi connectivity index (χ1) is 9.99. The van der Waals surface area contributed by atoms with Crippen molar-refractivity contribution in [2.75, 3.05) is 19.8 Å². The Balaban J connectivity index is 2.42. The third-order valence-electron chi connectivity index (χ3n) is 2.56. The maximum Gasteiger partial charge on any atom is 0.328 e. The second kappa shape index (κ2) is 9.26. The first-order valence-corrected chi connectivity index (χ1v) is 6.84. The lowest BCUT2D eigenvalue weighted by molar-refractivity contribution is -0.131. The molecule has 1 aromatic carbocycles. The summed E-state index contributed by atoms with van der Waals surface area (Å²) in [6, 6.07) is 4.49. The average molecular weight is 296 g/mol. The number of hydrogen-bond donors (Lipinski definition) is 1. The molecule has 0 atom stereocenters. The van der Waals surface area contributed by atoms with Gasteiger partial charge in [0.15, 0.2) is 0 Å². The molecule has 21 heavy (non-hydrogen) atoms. The van der Waals surface area contributed by atoms with E-state index in [-0.39, 0.29) is 5.56 Å². The van der Waals surface area contributed by atoms with Crippen molar-refractivity contribution in [3.8, 4) is 0 Å². The van der Waals surface area contributed by atoms with E-state index in [0.29, 0.717) is 32.3 Å². The molecule has 0 amide bonds. The van der Waals surface area contributed by atoms with Crippen LogP contribution >= 0.6 is 0 Å². The average Bonchev–Trinajstić information content (AvgIpc) is 2.42. The number of carbonyl (C=O) groups is 1. The van der Waals surface area contributed by atoms with Crippen molar-refractivity contribution in [2.24, 2.45) is 5.92 Å². The minimum atomic E-state index is -1.11. The number of carboxylic acid groups (broad SMARTS) is 1. The van der Waals surface area contributed by atoms with Crippen molar-refractivity contribution in [1.29, 1.82) is 0 Å². The lowest BCUT2D eigenvalue weighted by Crippen LogP contribution is -2.08. The van der Waals surface area contributed by atoms with E-state index in [9.17, 15) is 9.18 Å². The largest absolute Gasteiger partial charge is 0.478 e. The number of aliphatic carboxylic acids is 1. The highest BCUT2D eigenvalue weighted by Gasteiger charge is 2.02. The number of benzene rings is 1. The molecule has 0 aromatic heterocycles. The van der Waals surface area contributed by atoms with Crippen molar-refractivity contribution >= 4 is 12.0 Å². The van der Waals surface area contributed by atoms with Gasteiger partial charge in [0.2, 0.25) is 0 Å². The Kier molecular flexibility index (Phi) is 7.64. The van der Waals surface area contributed by atoms with Gasteiger partial charge < -0.3 is 14.6 Å². The SMILES string of the molecule is CC(C)COCCOCc1ccc(F)c(/C=C/C(=O)O)c1. The van der Waals surface area contributed by atoms with Gasteiger partial charge in [0.25, 0.3) is 0 Å². The molecule has 1 rings (SSSR count). The molecule has 0 aliphatic heterocycles. The van der Waals surface area contributed by atoms with E-state index in [4.69, 9.17) is 14.6 Å². The van der Waals surface area contributed by atoms with Crippen LogP contribution < -0.4 is 0 Å². The molecule has 0 radical (unpaired) electrons. The fourth-order valence-electron chi connectivity index (χ4n) is 1.60. The summed E-state index contributed by atoms with van der Waals surface area (Å²) in [6.07, 6.45) is 2.13. The van der Waals surface area contributed by atoms with Gasteiger partial charge in [-0.1, -0.05) is 19.9 Å². The summed E-state index contributed by atoms with van der Waals surface area (Å²) in [5, 5.41) is 8.55. The van der Waals surface area contributed by atoms with Gasteiger partial charge >= 0.3 is 5.97 Å². The topological polar surface area (TPSA) is 55.8 Å². The molecule has 0 saturated heterocycles. The summed E-state index contributed by atoms with van der Waals surface area (Å²) in [5.41, 5.74) is 1.01. The summed E-state index contributed by atoms with van der Waals surface area (Å²) in [4.78, 5) is 10.4. The zero-order valence-corrected chi connectivity index (χ0v) is 12.3. The third-order valence-corrected chi connectivity index (χ3v) is 2.56. The number of ether oxygens (including phenoxy) is 2. The van der Waals surface area contributed by atoms with E-state index >= 15 is 0 Å². The molecule has 1 N–H and O–H groups in total. The van der Waals surface area contributed by atoms with Crippen LogP contribution in [0.2, 0.25) is 0 Å². The molecular formula is C16H21FO4. The first-order valence-electron chi connectivity index (χ1n) is 6.84. The van der Waals surface area contributed by atoms with Crippen molar-refractivity contribution in [1.82, 2.24) is 0 Å². The molecule has 0 spiro atoms. The third kappa shape index (κ3) is 7.58. The molecule has 0 fully saturated rings. The Bertz CT molecular complexity index is 483. The smallest absolute Gasteiger partial charge is 0.328 e. The number of carboxylic acids is 1. The molecular weight excluding hydrogens is 275 g/mol. The van der Waals surface area contributed by atoms with Crippen LogP contribution in [0.1, 0.15) is 25.0 Å². The molecule has 4 nitrogen and oxygen atoms in total. The minimum Gasteiger partial charge on any atom is -0.478 e. The summed E-state index contributed by atoms with van der Waals surface area (Å²) < 4.78 is 24.3. The molecule has 116 valence electrons. The maximum absolute atomic E-state index is 13.5. The zero-order valence-electron chi connectivity index (χ0n) is 12.3. The monoisotopic (exact) mass is 296 g/mol. The Morgan fingerprint density at radius 2 is 2.05 bits per heavy atom. The van der Waals surface area contributed by atoms with Gasteiger partial charge in [-0.15, -0.1) is 0 Å². The van der Waals surface area contributed by atoms with E-state index in [0.717, 1.165) is 11.6 Å². The Morgan fingerprint density at radius 3 is 2.71 bits per heavy atom. The van der Waals surface area contributed by atoms with Gasteiger partial charge in [0.1, 0.15) is 5.82 Å². The first kappa shape index (κ1) is 17.3. The van der Waals surface area contributed by atoms with E-state index in [1.807, 2.05) is 0 Å². The van der Waals surface area contributed by atoms with Crippen LogP contribution in [-0.2, 0) is 20.9 Å². The van der Waals surface area contributed by atoms with Crippen LogP contribution in [0.3, 0.4) is 0 Å². The standard InChI is InChI=1S/C16H21FO4/c1-12(2)10-20-7-8-21-11-13-3-5-15(17)14(9-13)4-6-16(18)19/h3-6,9,12H,7-8,10-11H2,1-2H3,(H,18,19)/b6-4+. The van der Waals surface area contributed by atoms with Gasteiger partial charge in [-0.25, -0.2) is 9.18 Å². The van der Waals surface area contributed by atoms with Crippen LogP contribution in [0.25, 0.3) is 6.08 Å². The number of rotatable bonds is 9. The molecule has 0 unspecified atom stereocenters. The highest BCUT2D eigenvalue weighted by atomic mass is 19.1. The number of hydrogen-bond acceptors (Lipinski definition) is 3. The Morgan fingerprint density at radius 1 is 1.33 bits per heavy atom. The van der Waals surface area contributed by atoms with Gasteiger partial charge in [0.05, 0.1) is 19.8 Å². The van der Waals surface area contributed by atoms with Crippen molar-refractivity contribution in [3.05, 3.63) is 41.2 Å². The van der Waals surface area contributed by atoms with Crippen molar-refractivity contribution in [2.45, 2.75) is 20.5 Å². The maximum atomic E-state index is 13.5. The predicted octanol–water partition coefficient (Wildman–Crippen LogP) is 3.11. The van der Waals surface area contributed by atoms with Crippen LogP contribution in [0.5, 0.6) is 0 Å². The molecule has 0 bridgehead atoms. The fourth-order valence-corrected chi connectivity index (χ4v) is 1.60. The fraction of sp³-hybridized carbons (Fsp3) is 0.438. The Hall–Kier alpha value is -1.72. The quantitative estimate of drug-likeness (QED) is 0.562. The zero-order chi connectivity index (χ0) is 15.7. The lowest BCUT2D eigenvalue weighted by Gasteiger charge is -2.08. The Labute approximate surface area is 124 Å². The molecule has 0 aliphatic rings. The van der Waals surface area contributed by atoms with Gasteiger partial charge in [-0.05, 0) is 29.7 Å². The second-order valence-electron chi connectivity index (χ2n) is 5.05. The lowest BCUT2D eigenvalue weighted by atomic mass is 10.1. The van der Waals surface area contributed by atoms with E-state index in [2.05, 4.69) is 13.8 Å². The highest BCUT2D eigenvalue weighted by molar-refractivity contribution is 5.85. The van der Waals surface area contributed by atoms with Crippen LogP contribution in [0, 0.1) is 11.7 Å². The van der Waals surface area contributed by atoms with Gasteiger partial charge in [-0.3, -0.25) is 0 Å².